The van der Waals surface area contributed by atoms with E-state index in [1.807, 2.05) is 11.6 Å². The zero-order valence-corrected chi connectivity index (χ0v) is 14.1. The third-order valence-electron chi connectivity index (χ3n) is 4.34. The Bertz CT molecular complexity index is 836. The Balaban J connectivity index is 1.73. The molecule has 1 aliphatic rings. The van der Waals surface area contributed by atoms with Crippen molar-refractivity contribution in [2.75, 3.05) is 13.1 Å². The lowest BCUT2D eigenvalue weighted by Gasteiger charge is -2.30. The second-order valence-electron chi connectivity index (χ2n) is 5.87. The number of aromatic nitrogens is 3. The van der Waals surface area contributed by atoms with Gasteiger partial charge in [0.2, 0.25) is 15.9 Å². The molecule has 128 valence electrons. The van der Waals surface area contributed by atoms with Crippen LogP contribution in [0.5, 0.6) is 0 Å². The van der Waals surface area contributed by atoms with Crippen LogP contribution in [-0.4, -0.2) is 46.5 Å². The number of sulfonamides is 1. The van der Waals surface area contributed by atoms with Gasteiger partial charge in [0, 0.05) is 31.6 Å². The first-order valence-corrected chi connectivity index (χ1v) is 9.07. The lowest BCUT2D eigenvalue weighted by molar-refractivity contribution is 0.1000. The maximum Gasteiger partial charge on any atom is 0.248 e. The molecule has 1 amide bonds. The minimum absolute atomic E-state index is 0.171. The SMILES string of the molecule is Cn1cnnc1C1CCN(S(=O)(=O)c2ccc(C(N)=O)cc2)CC1. The summed E-state index contributed by atoms with van der Waals surface area (Å²) in [5.41, 5.74) is 5.46. The van der Waals surface area contributed by atoms with Crippen LogP contribution in [0.2, 0.25) is 0 Å². The van der Waals surface area contributed by atoms with E-state index in [4.69, 9.17) is 5.73 Å². The van der Waals surface area contributed by atoms with Gasteiger partial charge in [-0.25, -0.2) is 8.42 Å². The van der Waals surface area contributed by atoms with E-state index in [0.29, 0.717) is 25.9 Å². The van der Waals surface area contributed by atoms with Gasteiger partial charge in [0.05, 0.1) is 4.90 Å². The molecule has 9 heteroatoms. The average Bonchev–Trinajstić information content (AvgIpc) is 3.01. The van der Waals surface area contributed by atoms with Gasteiger partial charge in [-0.15, -0.1) is 10.2 Å². The molecule has 8 nitrogen and oxygen atoms in total. The molecule has 1 saturated heterocycles. The van der Waals surface area contributed by atoms with Gasteiger partial charge in [-0.1, -0.05) is 0 Å². The lowest BCUT2D eigenvalue weighted by atomic mass is 9.97. The Kier molecular flexibility index (Phi) is 4.37. The molecule has 0 bridgehead atoms. The molecule has 0 spiro atoms. The number of hydrogen-bond acceptors (Lipinski definition) is 5. The van der Waals surface area contributed by atoms with Gasteiger partial charge in [0.15, 0.2) is 0 Å². The molecule has 0 atom stereocenters. The van der Waals surface area contributed by atoms with E-state index in [1.54, 1.807) is 6.33 Å². The van der Waals surface area contributed by atoms with Crippen molar-refractivity contribution < 1.29 is 13.2 Å². The Labute approximate surface area is 140 Å². The summed E-state index contributed by atoms with van der Waals surface area (Å²) in [6, 6.07) is 5.71. The number of primary amides is 1. The molecule has 0 saturated carbocycles. The van der Waals surface area contributed by atoms with E-state index in [-0.39, 0.29) is 16.4 Å². The van der Waals surface area contributed by atoms with E-state index >= 15 is 0 Å². The molecule has 0 unspecified atom stereocenters. The highest BCUT2D eigenvalue weighted by Crippen LogP contribution is 2.29. The van der Waals surface area contributed by atoms with Crippen molar-refractivity contribution in [1.82, 2.24) is 19.1 Å². The average molecular weight is 349 g/mol. The van der Waals surface area contributed by atoms with Crippen molar-refractivity contribution in [2.24, 2.45) is 12.8 Å². The van der Waals surface area contributed by atoms with Gasteiger partial charge in [-0.3, -0.25) is 4.79 Å². The Morgan fingerprint density at radius 1 is 1.21 bits per heavy atom. The fourth-order valence-electron chi connectivity index (χ4n) is 2.96. The van der Waals surface area contributed by atoms with Crippen LogP contribution in [-0.2, 0) is 17.1 Å². The topological polar surface area (TPSA) is 111 Å². The Morgan fingerprint density at radius 2 is 1.83 bits per heavy atom. The van der Waals surface area contributed by atoms with Crippen LogP contribution in [0.4, 0.5) is 0 Å². The number of benzene rings is 1. The molecular formula is C15H19N5O3S. The van der Waals surface area contributed by atoms with Crippen molar-refractivity contribution in [1.29, 1.82) is 0 Å². The van der Waals surface area contributed by atoms with Crippen LogP contribution < -0.4 is 5.73 Å². The van der Waals surface area contributed by atoms with E-state index in [1.165, 1.54) is 28.6 Å². The predicted octanol–water partition coefficient (Wildman–Crippen LogP) is 0.482. The standard InChI is InChI=1S/C15H19N5O3S/c1-19-10-17-18-15(19)12-6-8-20(9-7-12)24(22,23)13-4-2-11(3-5-13)14(16)21/h2-5,10,12H,6-9H2,1H3,(H2,16,21). The van der Waals surface area contributed by atoms with E-state index in [2.05, 4.69) is 10.2 Å². The first kappa shape index (κ1) is 16.6. The number of hydrogen-bond donors (Lipinski definition) is 1. The summed E-state index contributed by atoms with van der Waals surface area (Å²) in [7, 11) is -1.68. The first-order chi connectivity index (χ1) is 11.4. The number of carbonyl (C=O) groups is 1. The van der Waals surface area contributed by atoms with Crippen molar-refractivity contribution >= 4 is 15.9 Å². The van der Waals surface area contributed by atoms with Gasteiger partial charge < -0.3 is 10.3 Å². The van der Waals surface area contributed by atoms with E-state index in [9.17, 15) is 13.2 Å². The third-order valence-corrected chi connectivity index (χ3v) is 6.25. The summed E-state index contributed by atoms with van der Waals surface area (Å²) < 4.78 is 28.8. The van der Waals surface area contributed by atoms with Gasteiger partial charge in [-0.05, 0) is 37.1 Å². The fraction of sp³-hybridized carbons (Fsp3) is 0.400. The molecule has 1 aromatic heterocycles. The number of rotatable bonds is 4. The second-order valence-corrected chi connectivity index (χ2v) is 7.80. The predicted molar refractivity (Wildman–Crippen MR) is 86.7 cm³/mol. The molecule has 1 fully saturated rings. The summed E-state index contributed by atoms with van der Waals surface area (Å²) in [4.78, 5) is 11.3. The largest absolute Gasteiger partial charge is 0.366 e. The second kappa shape index (κ2) is 6.33. The van der Waals surface area contributed by atoms with Crippen molar-refractivity contribution in [2.45, 2.75) is 23.7 Å². The summed E-state index contributed by atoms with van der Waals surface area (Å²) >= 11 is 0. The first-order valence-electron chi connectivity index (χ1n) is 7.63. The molecule has 0 radical (unpaired) electrons. The van der Waals surface area contributed by atoms with Crippen molar-refractivity contribution in [3.05, 3.63) is 42.0 Å². The highest BCUT2D eigenvalue weighted by Gasteiger charge is 2.31. The molecule has 2 aromatic rings. The van der Waals surface area contributed by atoms with E-state index in [0.717, 1.165) is 5.82 Å². The van der Waals surface area contributed by atoms with Crippen molar-refractivity contribution in [3.63, 3.8) is 0 Å². The summed E-state index contributed by atoms with van der Waals surface area (Å²) in [5, 5.41) is 7.99. The molecule has 24 heavy (non-hydrogen) atoms. The third kappa shape index (κ3) is 3.04. The van der Waals surface area contributed by atoms with Crippen LogP contribution >= 0.6 is 0 Å². The molecular weight excluding hydrogens is 330 g/mol. The van der Waals surface area contributed by atoms with Crippen LogP contribution in [0.3, 0.4) is 0 Å². The van der Waals surface area contributed by atoms with Crippen LogP contribution in [0.25, 0.3) is 0 Å². The quantitative estimate of drug-likeness (QED) is 0.863. The number of nitrogens with two attached hydrogens (primary N) is 1. The van der Waals surface area contributed by atoms with Crippen LogP contribution in [0.1, 0.15) is 34.9 Å². The molecule has 1 aliphatic heterocycles. The van der Waals surface area contributed by atoms with Gasteiger partial charge in [-0.2, -0.15) is 4.31 Å². The maximum absolute atomic E-state index is 12.7. The monoisotopic (exact) mass is 349 g/mol. The molecule has 2 heterocycles. The molecule has 1 aromatic carbocycles. The van der Waals surface area contributed by atoms with Crippen molar-refractivity contribution in [3.8, 4) is 0 Å². The molecule has 0 aliphatic carbocycles. The summed E-state index contributed by atoms with van der Waals surface area (Å²) in [6.07, 6.45) is 3.05. The number of amides is 1. The Hall–Kier alpha value is -2.26. The Morgan fingerprint density at radius 3 is 2.33 bits per heavy atom. The smallest absolute Gasteiger partial charge is 0.248 e. The zero-order valence-electron chi connectivity index (χ0n) is 13.3. The van der Waals surface area contributed by atoms with Gasteiger partial charge in [0.1, 0.15) is 12.2 Å². The zero-order chi connectivity index (χ0) is 17.3. The van der Waals surface area contributed by atoms with Gasteiger partial charge in [0.25, 0.3) is 0 Å². The summed E-state index contributed by atoms with van der Waals surface area (Å²) in [5.74, 6) is 0.516. The minimum Gasteiger partial charge on any atom is -0.366 e. The van der Waals surface area contributed by atoms with E-state index < -0.39 is 15.9 Å². The van der Waals surface area contributed by atoms with Crippen LogP contribution in [0, 0.1) is 0 Å². The fourth-order valence-corrected chi connectivity index (χ4v) is 4.43. The van der Waals surface area contributed by atoms with Gasteiger partial charge >= 0.3 is 0 Å². The molecule has 2 N–H and O–H groups in total. The highest BCUT2D eigenvalue weighted by molar-refractivity contribution is 7.89. The number of carbonyl (C=O) groups excluding carboxylic acids is 1. The number of nitrogens with zero attached hydrogens (tertiary/aromatic N) is 4. The molecule has 3 rings (SSSR count). The summed E-state index contributed by atoms with van der Waals surface area (Å²) in [6.45, 7) is 0.856. The number of aryl methyl sites for hydroxylation is 1. The highest BCUT2D eigenvalue weighted by atomic mass is 32.2. The normalized spacial score (nSPS) is 17.0. The maximum atomic E-state index is 12.7. The lowest BCUT2D eigenvalue weighted by Crippen LogP contribution is -2.38. The minimum atomic E-state index is -3.57. The number of piperidine rings is 1. The van der Waals surface area contributed by atoms with Crippen LogP contribution in [0.15, 0.2) is 35.5 Å².